The Morgan fingerprint density at radius 1 is 0.863 bits per heavy atom. The maximum Gasteiger partial charge on any atom is 0.330 e. The molecule has 2 saturated heterocycles. The number of aryl methyl sites for hydroxylation is 1. The largest absolute Gasteiger partial charge is 0.424 e. The van der Waals surface area contributed by atoms with E-state index in [1.165, 1.54) is 6.07 Å². The normalized spacial score (nSPS) is 18.4. The van der Waals surface area contributed by atoms with Gasteiger partial charge >= 0.3 is 12.0 Å². The van der Waals surface area contributed by atoms with Crippen LogP contribution < -0.4 is 24.8 Å². The highest BCUT2D eigenvalue weighted by atomic mass is 79.9. The highest BCUT2D eigenvalue weighted by Gasteiger charge is 2.42. The van der Waals surface area contributed by atoms with Gasteiger partial charge in [0.05, 0.1) is 10.8 Å². The third-order valence-electron chi connectivity index (χ3n) is 9.16. The van der Waals surface area contributed by atoms with Crippen molar-refractivity contribution in [1.29, 1.82) is 0 Å². The number of amides is 1. The molecule has 2 atom stereocenters. The van der Waals surface area contributed by atoms with Crippen LogP contribution in [0.15, 0.2) is 88.1 Å². The topological polar surface area (TPSA) is 109 Å². The van der Waals surface area contributed by atoms with Crippen LogP contribution in [0, 0.1) is 0 Å². The number of benzene rings is 3. The monoisotopic (exact) mass is 770 g/mol. The second kappa shape index (κ2) is 15.0. The van der Waals surface area contributed by atoms with Crippen molar-refractivity contribution in [3.63, 3.8) is 0 Å². The number of ether oxygens (including phenoxy) is 2. The number of carbonyl (C=O) groups excluding carboxylic acids is 1. The van der Waals surface area contributed by atoms with Crippen molar-refractivity contribution in [1.82, 2.24) is 29.3 Å². The molecule has 2 unspecified atom stereocenters. The van der Waals surface area contributed by atoms with Crippen LogP contribution in [-0.2, 0) is 11.8 Å². The van der Waals surface area contributed by atoms with Gasteiger partial charge in [-0.05, 0) is 60.6 Å². The van der Waals surface area contributed by atoms with Crippen LogP contribution in [0.25, 0.3) is 10.9 Å². The summed E-state index contributed by atoms with van der Waals surface area (Å²) in [7, 11) is 5.32. The molecule has 2 fully saturated rings. The molecule has 2 aliphatic heterocycles. The number of carbonyl (C=O) groups is 1. The SMILES string of the molecule is CCN1CCN(CC2SC(c3ccc(Br)cc3)N(c3ccc(Oc4nc(Oc5cc(=O)n(C)c6ccccc56)nc(N(C)C)n4)cc3)C2=O)CC1. The van der Waals surface area contributed by atoms with Crippen molar-refractivity contribution in [3.8, 4) is 23.5 Å². The summed E-state index contributed by atoms with van der Waals surface area (Å²) in [4.78, 5) is 48.6. The van der Waals surface area contributed by atoms with Crippen molar-refractivity contribution < 1.29 is 14.3 Å². The van der Waals surface area contributed by atoms with E-state index in [0.29, 0.717) is 17.4 Å². The van der Waals surface area contributed by atoms with Gasteiger partial charge < -0.3 is 23.8 Å². The minimum Gasteiger partial charge on any atom is -0.424 e. The fourth-order valence-electron chi connectivity index (χ4n) is 6.27. The molecule has 51 heavy (non-hydrogen) atoms. The van der Waals surface area contributed by atoms with E-state index in [1.54, 1.807) is 54.5 Å². The van der Waals surface area contributed by atoms with Crippen LogP contribution in [0.4, 0.5) is 11.6 Å². The fraction of sp³-hybridized carbons (Fsp3) is 0.324. The smallest absolute Gasteiger partial charge is 0.330 e. The van der Waals surface area contributed by atoms with Crippen LogP contribution >= 0.6 is 27.7 Å². The van der Waals surface area contributed by atoms with Crippen molar-refractivity contribution >= 4 is 56.1 Å². The van der Waals surface area contributed by atoms with Crippen molar-refractivity contribution in [2.24, 2.45) is 7.05 Å². The number of piperazine rings is 1. The van der Waals surface area contributed by atoms with E-state index in [1.807, 2.05) is 53.4 Å². The maximum absolute atomic E-state index is 14.1. The zero-order valence-electron chi connectivity index (χ0n) is 28.9. The Morgan fingerprint density at radius 2 is 1.53 bits per heavy atom. The lowest BCUT2D eigenvalue weighted by Gasteiger charge is -2.34. The van der Waals surface area contributed by atoms with Gasteiger partial charge in [-0.3, -0.25) is 19.4 Å². The van der Waals surface area contributed by atoms with Crippen molar-refractivity contribution in [2.75, 3.05) is 63.2 Å². The number of anilines is 2. The molecule has 2 aliphatic rings. The molecule has 12 nitrogen and oxygen atoms in total. The van der Waals surface area contributed by atoms with E-state index in [0.717, 1.165) is 65.9 Å². The van der Waals surface area contributed by atoms with Crippen LogP contribution in [0.2, 0.25) is 0 Å². The van der Waals surface area contributed by atoms with Gasteiger partial charge in [0, 0.05) is 75.5 Å². The summed E-state index contributed by atoms with van der Waals surface area (Å²) < 4.78 is 14.8. The first-order valence-electron chi connectivity index (χ1n) is 16.8. The number of aromatic nitrogens is 4. The van der Waals surface area contributed by atoms with E-state index >= 15 is 0 Å². The number of nitrogens with zero attached hydrogens (tertiary/aromatic N) is 8. The molecule has 3 aromatic carbocycles. The third kappa shape index (κ3) is 7.59. The molecule has 1 amide bonds. The molecule has 0 radical (unpaired) electrons. The number of likely N-dealkylation sites (N-methyl/N-ethyl adjacent to an activating group) is 1. The Hall–Kier alpha value is -4.50. The van der Waals surface area contributed by atoms with Gasteiger partial charge in [0.15, 0.2) is 0 Å². The highest BCUT2D eigenvalue weighted by molar-refractivity contribution is 9.10. The Kier molecular flexibility index (Phi) is 10.3. The summed E-state index contributed by atoms with van der Waals surface area (Å²) in [6, 6.07) is 24.4. The minimum absolute atomic E-state index is 0.0158. The Labute approximate surface area is 309 Å². The molecular weight excluding hydrogens is 732 g/mol. The Bertz CT molecular complexity index is 2090. The molecule has 5 aromatic rings. The molecule has 0 saturated carbocycles. The van der Waals surface area contributed by atoms with Gasteiger partial charge in [0.2, 0.25) is 11.9 Å². The summed E-state index contributed by atoms with van der Waals surface area (Å²) in [5.74, 6) is 1.22. The first kappa shape index (κ1) is 34.9. The van der Waals surface area contributed by atoms with Crippen LogP contribution in [0.1, 0.15) is 17.9 Å². The summed E-state index contributed by atoms with van der Waals surface area (Å²) >= 11 is 5.25. The van der Waals surface area contributed by atoms with E-state index in [4.69, 9.17) is 9.47 Å². The van der Waals surface area contributed by atoms with E-state index in [2.05, 4.69) is 59.7 Å². The van der Waals surface area contributed by atoms with E-state index in [-0.39, 0.29) is 34.1 Å². The molecule has 4 heterocycles. The quantitative estimate of drug-likeness (QED) is 0.169. The number of pyridine rings is 1. The summed E-state index contributed by atoms with van der Waals surface area (Å²) in [5, 5.41) is 0.385. The average molecular weight is 772 g/mol. The minimum atomic E-state index is -0.222. The molecule has 0 aliphatic carbocycles. The second-order valence-electron chi connectivity index (χ2n) is 12.7. The maximum atomic E-state index is 14.1. The fourth-order valence-corrected chi connectivity index (χ4v) is 8.03. The predicted molar refractivity (Wildman–Crippen MR) is 204 cm³/mol. The van der Waals surface area contributed by atoms with Crippen molar-refractivity contribution in [3.05, 3.63) is 99.3 Å². The van der Waals surface area contributed by atoms with Gasteiger partial charge in [-0.15, -0.1) is 16.7 Å². The number of hydrogen-bond acceptors (Lipinski definition) is 11. The molecule has 7 rings (SSSR count). The molecule has 2 aromatic heterocycles. The second-order valence-corrected chi connectivity index (χ2v) is 14.9. The summed E-state index contributed by atoms with van der Waals surface area (Å²) in [6.07, 6.45) is 0. The first-order valence-corrected chi connectivity index (χ1v) is 18.6. The molecule has 0 bridgehead atoms. The van der Waals surface area contributed by atoms with Crippen LogP contribution in [0.5, 0.6) is 23.5 Å². The number of fused-ring (bicyclic) bond motifs is 1. The first-order chi connectivity index (χ1) is 24.7. The predicted octanol–water partition coefficient (Wildman–Crippen LogP) is 5.92. The molecule has 0 spiro atoms. The number of halogens is 1. The summed E-state index contributed by atoms with van der Waals surface area (Å²) in [5.41, 5.74) is 2.34. The van der Waals surface area contributed by atoms with Gasteiger partial charge in [-0.1, -0.05) is 47.1 Å². The molecular formula is C37H39BrN8O4S. The number of hydrogen-bond donors (Lipinski definition) is 0. The number of para-hydroxylation sites is 1. The highest BCUT2D eigenvalue weighted by Crippen LogP contribution is 2.46. The van der Waals surface area contributed by atoms with Gasteiger partial charge in [-0.25, -0.2) is 0 Å². The van der Waals surface area contributed by atoms with E-state index < -0.39 is 0 Å². The lowest BCUT2D eigenvalue weighted by molar-refractivity contribution is -0.118. The molecule has 264 valence electrons. The Morgan fingerprint density at radius 3 is 2.22 bits per heavy atom. The van der Waals surface area contributed by atoms with Crippen LogP contribution in [-0.4, -0.2) is 93.8 Å². The van der Waals surface area contributed by atoms with Gasteiger partial charge in [0.25, 0.3) is 5.56 Å². The number of thioether (sulfide) groups is 1. The standard InChI is InChI=1S/C37H39BrN8O4S/c1-5-44-18-20-45(21-19-44)23-31-33(48)46(34(51-31)24-10-12-25(38)13-11-24)26-14-16-27(17-15-26)49-36-39-35(42(2)3)40-37(41-36)50-30-22-32(47)43(4)29-9-7-6-8-28(29)30/h6-17,22,31,34H,5,18-21,23H2,1-4H3. The third-order valence-corrected chi connectivity index (χ3v) is 11.1. The zero-order chi connectivity index (χ0) is 35.6. The van der Waals surface area contributed by atoms with E-state index in [9.17, 15) is 9.59 Å². The number of rotatable bonds is 10. The lowest BCUT2D eigenvalue weighted by Crippen LogP contribution is -2.49. The van der Waals surface area contributed by atoms with Gasteiger partial charge in [-0.2, -0.15) is 9.97 Å². The zero-order valence-corrected chi connectivity index (χ0v) is 31.3. The summed E-state index contributed by atoms with van der Waals surface area (Å²) in [6.45, 7) is 7.95. The molecule has 14 heteroatoms. The average Bonchev–Trinajstić information content (AvgIpc) is 3.46. The lowest BCUT2D eigenvalue weighted by atomic mass is 10.1. The van der Waals surface area contributed by atoms with Crippen molar-refractivity contribution in [2.45, 2.75) is 17.5 Å². The van der Waals surface area contributed by atoms with Gasteiger partial charge in [0.1, 0.15) is 16.9 Å². The Balaban J connectivity index is 1.13. The van der Waals surface area contributed by atoms with Crippen LogP contribution in [0.3, 0.4) is 0 Å². The molecule has 0 N–H and O–H groups in total.